The number of benzene rings is 1. The van der Waals surface area contributed by atoms with Crippen LogP contribution >= 0.6 is 23.8 Å². The number of halogens is 1. The lowest BCUT2D eigenvalue weighted by Crippen LogP contribution is -2.41. The molecule has 1 atom stereocenters. The highest BCUT2D eigenvalue weighted by atomic mass is 35.5. The molecular formula is C14H19ClN2S. The summed E-state index contributed by atoms with van der Waals surface area (Å²) in [5, 5.41) is 4.85. The number of hydrogen-bond donors (Lipinski definition) is 1. The van der Waals surface area contributed by atoms with Crippen molar-refractivity contribution in [2.45, 2.75) is 26.7 Å². The second kappa shape index (κ2) is 5.89. The summed E-state index contributed by atoms with van der Waals surface area (Å²) in [5.74, 6) is 0.722. The zero-order chi connectivity index (χ0) is 13.1. The van der Waals surface area contributed by atoms with E-state index in [0.717, 1.165) is 40.4 Å². The molecule has 0 spiro atoms. The van der Waals surface area contributed by atoms with Crippen LogP contribution in [0.3, 0.4) is 0 Å². The second-order valence-corrected chi connectivity index (χ2v) is 5.88. The van der Waals surface area contributed by atoms with Gasteiger partial charge in [-0.1, -0.05) is 24.6 Å². The topological polar surface area (TPSA) is 15.3 Å². The lowest BCUT2D eigenvalue weighted by molar-refractivity contribution is 0.276. The summed E-state index contributed by atoms with van der Waals surface area (Å²) in [5.41, 5.74) is 2.05. The molecule has 1 aliphatic heterocycles. The monoisotopic (exact) mass is 282 g/mol. The number of piperidine rings is 1. The Labute approximate surface area is 119 Å². The number of aryl methyl sites for hydroxylation is 1. The number of hydrogen-bond acceptors (Lipinski definition) is 1. The smallest absolute Gasteiger partial charge is 0.173 e. The SMILES string of the molecule is Cc1ccc(NC(=S)N2CCCC(C)C2)cc1Cl. The van der Waals surface area contributed by atoms with Crippen LogP contribution in [0.2, 0.25) is 5.02 Å². The van der Waals surface area contributed by atoms with E-state index < -0.39 is 0 Å². The molecule has 0 aliphatic carbocycles. The first kappa shape index (κ1) is 13.6. The largest absolute Gasteiger partial charge is 0.349 e. The Morgan fingerprint density at radius 2 is 2.28 bits per heavy atom. The van der Waals surface area contributed by atoms with E-state index >= 15 is 0 Å². The third-order valence-electron chi connectivity index (χ3n) is 3.37. The van der Waals surface area contributed by atoms with Gasteiger partial charge in [0.2, 0.25) is 0 Å². The molecule has 1 heterocycles. The molecule has 1 aromatic carbocycles. The van der Waals surface area contributed by atoms with E-state index in [-0.39, 0.29) is 0 Å². The molecule has 0 radical (unpaired) electrons. The molecule has 98 valence electrons. The van der Waals surface area contributed by atoms with Crippen LogP contribution in [-0.2, 0) is 0 Å². The highest BCUT2D eigenvalue weighted by Gasteiger charge is 2.18. The Bertz CT molecular complexity index is 447. The Kier molecular flexibility index (Phi) is 4.46. The van der Waals surface area contributed by atoms with Crippen LogP contribution in [0.5, 0.6) is 0 Å². The van der Waals surface area contributed by atoms with Gasteiger partial charge in [-0.2, -0.15) is 0 Å². The fourth-order valence-corrected chi connectivity index (χ4v) is 2.71. The van der Waals surface area contributed by atoms with Gasteiger partial charge >= 0.3 is 0 Å². The predicted molar refractivity (Wildman–Crippen MR) is 82.4 cm³/mol. The first-order chi connectivity index (χ1) is 8.56. The summed E-state index contributed by atoms with van der Waals surface area (Å²) in [6.45, 7) is 6.37. The third kappa shape index (κ3) is 3.36. The molecule has 1 aliphatic rings. The fourth-order valence-electron chi connectivity index (χ4n) is 2.25. The second-order valence-electron chi connectivity index (χ2n) is 5.09. The minimum Gasteiger partial charge on any atom is -0.349 e. The van der Waals surface area contributed by atoms with Crippen molar-refractivity contribution in [2.75, 3.05) is 18.4 Å². The van der Waals surface area contributed by atoms with Gasteiger partial charge < -0.3 is 10.2 Å². The zero-order valence-corrected chi connectivity index (χ0v) is 12.4. The molecule has 1 unspecified atom stereocenters. The lowest BCUT2D eigenvalue weighted by Gasteiger charge is -2.33. The van der Waals surface area contributed by atoms with Crippen molar-refractivity contribution in [2.24, 2.45) is 5.92 Å². The van der Waals surface area contributed by atoms with Gasteiger partial charge in [0.15, 0.2) is 5.11 Å². The molecular weight excluding hydrogens is 264 g/mol. The minimum atomic E-state index is 0.722. The number of nitrogens with zero attached hydrogens (tertiary/aromatic N) is 1. The summed E-state index contributed by atoms with van der Waals surface area (Å²) >= 11 is 11.6. The summed E-state index contributed by atoms with van der Waals surface area (Å²) in [4.78, 5) is 2.25. The van der Waals surface area contributed by atoms with Crippen LogP contribution in [-0.4, -0.2) is 23.1 Å². The van der Waals surface area contributed by atoms with E-state index in [4.69, 9.17) is 23.8 Å². The summed E-state index contributed by atoms with van der Waals surface area (Å²) < 4.78 is 0. The highest BCUT2D eigenvalue weighted by Crippen LogP contribution is 2.21. The number of rotatable bonds is 1. The molecule has 18 heavy (non-hydrogen) atoms. The minimum absolute atomic E-state index is 0.722. The quantitative estimate of drug-likeness (QED) is 0.782. The van der Waals surface area contributed by atoms with E-state index in [1.165, 1.54) is 12.8 Å². The van der Waals surface area contributed by atoms with Crippen LogP contribution in [0, 0.1) is 12.8 Å². The van der Waals surface area contributed by atoms with Crippen LogP contribution in [0.25, 0.3) is 0 Å². The molecule has 1 saturated heterocycles. The normalized spacial score (nSPS) is 19.7. The van der Waals surface area contributed by atoms with E-state index in [9.17, 15) is 0 Å². The Hall–Kier alpha value is -0.800. The number of likely N-dealkylation sites (tertiary alicyclic amines) is 1. The van der Waals surface area contributed by atoms with E-state index in [2.05, 4.69) is 17.1 Å². The molecule has 0 amide bonds. The number of anilines is 1. The van der Waals surface area contributed by atoms with Crippen molar-refractivity contribution in [1.82, 2.24) is 4.90 Å². The Morgan fingerprint density at radius 3 is 2.94 bits per heavy atom. The predicted octanol–water partition coefficient (Wildman–Crippen LogP) is 4.08. The van der Waals surface area contributed by atoms with Gasteiger partial charge in [-0.3, -0.25) is 0 Å². The Balaban J connectivity index is 2.00. The molecule has 1 fully saturated rings. The number of thiocarbonyl (C=S) groups is 1. The summed E-state index contributed by atoms with van der Waals surface area (Å²) in [7, 11) is 0. The summed E-state index contributed by atoms with van der Waals surface area (Å²) in [6, 6.07) is 5.95. The van der Waals surface area contributed by atoms with Crippen molar-refractivity contribution in [3.05, 3.63) is 28.8 Å². The van der Waals surface area contributed by atoms with E-state index in [1.807, 2.05) is 25.1 Å². The van der Waals surface area contributed by atoms with Gasteiger partial charge in [-0.05, 0) is 55.6 Å². The summed E-state index contributed by atoms with van der Waals surface area (Å²) in [6.07, 6.45) is 2.52. The van der Waals surface area contributed by atoms with Crippen LogP contribution < -0.4 is 5.32 Å². The molecule has 2 nitrogen and oxygen atoms in total. The standard InChI is InChI=1S/C14H19ClN2S/c1-10-4-3-7-17(9-10)14(18)16-12-6-5-11(2)13(15)8-12/h5-6,8,10H,3-4,7,9H2,1-2H3,(H,16,18). The number of nitrogens with one attached hydrogen (secondary N) is 1. The van der Waals surface area contributed by atoms with Crippen LogP contribution in [0.15, 0.2) is 18.2 Å². The van der Waals surface area contributed by atoms with Crippen molar-refractivity contribution in [3.8, 4) is 0 Å². The molecule has 2 rings (SSSR count). The average Bonchev–Trinajstić information content (AvgIpc) is 2.34. The van der Waals surface area contributed by atoms with Crippen molar-refractivity contribution >= 4 is 34.6 Å². The van der Waals surface area contributed by atoms with E-state index in [0.29, 0.717) is 0 Å². The molecule has 1 aromatic rings. The maximum atomic E-state index is 6.11. The van der Waals surface area contributed by atoms with Crippen molar-refractivity contribution in [3.63, 3.8) is 0 Å². The van der Waals surface area contributed by atoms with Gasteiger partial charge in [0.1, 0.15) is 0 Å². The van der Waals surface area contributed by atoms with Gasteiger partial charge in [0.25, 0.3) is 0 Å². The van der Waals surface area contributed by atoms with Gasteiger partial charge in [0.05, 0.1) is 0 Å². The zero-order valence-electron chi connectivity index (χ0n) is 10.9. The van der Waals surface area contributed by atoms with Gasteiger partial charge in [-0.15, -0.1) is 0 Å². The van der Waals surface area contributed by atoms with Crippen molar-refractivity contribution in [1.29, 1.82) is 0 Å². The van der Waals surface area contributed by atoms with Crippen molar-refractivity contribution < 1.29 is 0 Å². The fraction of sp³-hybridized carbons (Fsp3) is 0.500. The highest BCUT2D eigenvalue weighted by molar-refractivity contribution is 7.80. The average molecular weight is 283 g/mol. The molecule has 1 N–H and O–H groups in total. The van der Waals surface area contributed by atoms with E-state index in [1.54, 1.807) is 0 Å². The van der Waals surface area contributed by atoms with Gasteiger partial charge in [-0.25, -0.2) is 0 Å². The van der Waals surface area contributed by atoms with Crippen LogP contribution in [0.4, 0.5) is 5.69 Å². The Morgan fingerprint density at radius 1 is 1.50 bits per heavy atom. The lowest BCUT2D eigenvalue weighted by atomic mass is 10.0. The molecule has 0 aromatic heterocycles. The third-order valence-corrected chi connectivity index (χ3v) is 4.13. The molecule has 0 saturated carbocycles. The van der Waals surface area contributed by atoms with Gasteiger partial charge in [0, 0.05) is 23.8 Å². The molecule has 4 heteroatoms. The molecule has 0 bridgehead atoms. The maximum Gasteiger partial charge on any atom is 0.173 e. The maximum absolute atomic E-state index is 6.11. The first-order valence-electron chi connectivity index (χ1n) is 6.38. The van der Waals surface area contributed by atoms with Crippen LogP contribution in [0.1, 0.15) is 25.3 Å². The first-order valence-corrected chi connectivity index (χ1v) is 7.17.